The summed E-state index contributed by atoms with van der Waals surface area (Å²) in [4.78, 5) is 6.91. The molecular weight excluding hydrogens is 172 g/mol. The van der Waals surface area contributed by atoms with E-state index in [-0.39, 0.29) is 0 Å². The molecule has 0 spiro atoms. The second-order valence-corrected chi connectivity index (χ2v) is 4.01. The molecule has 0 amide bonds. The highest BCUT2D eigenvalue weighted by Crippen LogP contribution is 2.26. The van der Waals surface area contributed by atoms with Gasteiger partial charge in [0.15, 0.2) is 0 Å². The third-order valence-corrected chi connectivity index (χ3v) is 2.65. The van der Waals surface area contributed by atoms with Crippen LogP contribution in [0.1, 0.15) is 26.3 Å². The van der Waals surface area contributed by atoms with E-state index in [1.807, 2.05) is 6.07 Å². The lowest BCUT2D eigenvalue weighted by Gasteiger charge is -2.32. The van der Waals surface area contributed by atoms with Crippen molar-refractivity contribution in [1.82, 2.24) is 4.90 Å². The highest BCUT2D eigenvalue weighted by Gasteiger charge is 2.17. The van der Waals surface area contributed by atoms with Crippen LogP contribution in [0.5, 0.6) is 0 Å². The molecule has 0 N–H and O–H groups in total. The van der Waals surface area contributed by atoms with Crippen LogP contribution in [0.15, 0.2) is 29.3 Å². The Balaban J connectivity index is 2.38. The Kier molecular flexibility index (Phi) is 2.28. The van der Waals surface area contributed by atoms with Crippen molar-refractivity contribution in [3.63, 3.8) is 0 Å². The van der Waals surface area contributed by atoms with Gasteiger partial charge in [-0.3, -0.25) is 0 Å². The average molecular weight is 188 g/mol. The number of aliphatic imine (C=N–C) groups is 1. The number of rotatable bonds is 1. The van der Waals surface area contributed by atoms with Crippen molar-refractivity contribution in [3.05, 3.63) is 29.8 Å². The van der Waals surface area contributed by atoms with Crippen molar-refractivity contribution in [2.24, 2.45) is 4.99 Å². The molecule has 0 fully saturated rings. The number of para-hydroxylation sites is 1. The van der Waals surface area contributed by atoms with E-state index in [0.29, 0.717) is 6.04 Å². The number of benzene rings is 1. The molecule has 0 atom stereocenters. The van der Waals surface area contributed by atoms with E-state index in [2.05, 4.69) is 48.9 Å². The van der Waals surface area contributed by atoms with E-state index < -0.39 is 0 Å². The van der Waals surface area contributed by atoms with E-state index in [1.54, 1.807) is 0 Å². The van der Waals surface area contributed by atoms with Crippen molar-refractivity contribution in [2.45, 2.75) is 33.4 Å². The number of amidine groups is 1. The first-order valence-electron chi connectivity index (χ1n) is 5.08. The highest BCUT2D eigenvalue weighted by molar-refractivity contribution is 5.85. The summed E-state index contributed by atoms with van der Waals surface area (Å²) in [5.74, 6) is 1.12. The van der Waals surface area contributed by atoms with Gasteiger partial charge in [-0.15, -0.1) is 0 Å². The van der Waals surface area contributed by atoms with E-state index in [9.17, 15) is 0 Å². The molecule has 2 nitrogen and oxygen atoms in total. The first-order chi connectivity index (χ1) is 6.68. The lowest BCUT2D eigenvalue weighted by atomic mass is 10.1. The monoisotopic (exact) mass is 188 g/mol. The van der Waals surface area contributed by atoms with E-state index in [4.69, 9.17) is 0 Å². The second kappa shape index (κ2) is 3.45. The van der Waals surface area contributed by atoms with Crippen LogP contribution in [0.25, 0.3) is 0 Å². The maximum atomic E-state index is 4.59. The quantitative estimate of drug-likeness (QED) is 0.661. The van der Waals surface area contributed by atoms with Gasteiger partial charge in [-0.2, -0.15) is 0 Å². The van der Waals surface area contributed by atoms with E-state index in [1.165, 1.54) is 5.56 Å². The van der Waals surface area contributed by atoms with E-state index >= 15 is 0 Å². The Bertz CT molecular complexity index is 366. The average Bonchev–Trinajstić information content (AvgIpc) is 2.16. The Labute approximate surface area is 85.3 Å². The van der Waals surface area contributed by atoms with Crippen molar-refractivity contribution < 1.29 is 0 Å². The minimum atomic E-state index is 0.520. The van der Waals surface area contributed by atoms with Crippen molar-refractivity contribution >= 4 is 11.5 Å². The van der Waals surface area contributed by atoms with Gasteiger partial charge in [0.05, 0.1) is 5.69 Å². The van der Waals surface area contributed by atoms with Crippen LogP contribution >= 0.6 is 0 Å². The topological polar surface area (TPSA) is 15.6 Å². The highest BCUT2D eigenvalue weighted by atomic mass is 15.2. The van der Waals surface area contributed by atoms with Gasteiger partial charge in [-0.05, 0) is 32.4 Å². The van der Waals surface area contributed by atoms with E-state index in [0.717, 1.165) is 18.1 Å². The zero-order valence-corrected chi connectivity index (χ0v) is 8.99. The zero-order valence-electron chi connectivity index (χ0n) is 8.99. The van der Waals surface area contributed by atoms with Gasteiger partial charge in [0.2, 0.25) is 0 Å². The maximum Gasteiger partial charge on any atom is 0.102 e. The molecule has 0 saturated carbocycles. The fraction of sp³-hybridized carbons (Fsp3) is 0.417. The molecule has 0 aromatic heterocycles. The summed E-state index contributed by atoms with van der Waals surface area (Å²) in [5.41, 5.74) is 2.45. The molecule has 74 valence electrons. The summed E-state index contributed by atoms with van der Waals surface area (Å²) in [6, 6.07) is 8.87. The summed E-state index contributed by atoms with van der Waals surface area (Å²) in [6.07, 6.45) is 0. The second-order valence-electron chi connectivity index (χ2n) is 4.01. The van der Waals surface area contributed by atoms with Crippen molar-refractivity contribution in [3.8, 4) is 0 Å². The van der Waals surface area contributed by atoms with Crippen LogP contribution < -0.4 is 0 Å². The summed E-state index contributed by atoms with van der Waals surface area (Å²) in [5, 5.41) is 0. The van der Waals surface area contributed by atoms with Gasteiger partial charge in [0.25, 0.3) is 0 Å². The largest absolute Gasteiger partial charge is 0.353 e. The molecule has 2 rings (SSSR count). The number of hydrogen-bond donors (Lipinski definition) is 0. The van der Waals surface area contributed by atoms with Gasteiger partial charge in [-0.25, -0.2) is 4.99 Å². The summed E-state index contributed by atoms with van der Waals surface area (Å²) >= 11 is 0. The fourth-order valence-corrected chi connectivity index (χ4v) is 1.85. The smallest absolute Gasteiger partial charge is 0.102 e. The minimum absolute atomic E-state index is 0.520. The fourth-order valence-electron chi connectivity index (χ4n) is 1.85. The third-order valence-electron chi connectivity index (χ3n) is 2.65. The summed E-state index contributed by atoms with van der Waals surface area (Å²) in [7, 11) is 0. The number of hydrogen-bond acceptors (Lipinski definition) is 2. The van der Waals surface area contributed by atoms with Crippen LogP contribution in [0.4, 0.5) is 5.69 Å². The van der Waals surface area contributed by atoms with Gasteiger partial charge >= 0.3 is 0 Å². The third kappa shape index (κ3) is 1.52. The lowest BCUT2D eigenvalue weighted by Crippen LogP contribution is -2.36. The summed E-state index contributed by atoms with van der Waals surface area (Å²) < 4.78 is 0. The summed E-state index contributed by atoms with van der Waals surface area (Å²) in [6.45, 7) is 7.47. The maximum absolute atomic E-state index is 4.59. The minimum Gasteiger partial charge on any atom is -0.353 e. The molecule has 1 heterocycles. The first kappa shape index (κ1) is 9.25. The zero-order chi connectivity index (χ0) is 10.1. The number of nitrogens with zero attached hydrogens (tertiary/aromatic N) is 2. The van der Waals surface area contributed by atoms with Gasteiger partial charge in [-0.1, -0.05) is 18.2 Å². The molecule has 1 aliphatic rings. The normalized spacial score (nSPS) is 15.4. The molecule has 0 saturated heterocycles. The van der Waals surface area contributed by atoms with Crippen molar-refractivity contribution in [1.29, 1.82) is 0 Å². The Morgan fingerprint density at radius 1 is 1.29 bits per heavy atom. The van der Waals surface area contributed by atoms with Gasteiger partial charge in [0, 0.05) is 12.6 Å². The molecular formula is C12H16N2. The van der Waals surface area contributed by atoms with Crippen LogP contribution in [0.3, 0.4) is 0 Å². The molecule has 1 aromatic carbocycles. The molecule has 1 aliphatic heterocycles. The van der Waals surface area contributed by atoms with Crippen LogP contribution in [0, 0.1) is 0 Å². The van der Waals surface area contributed by atoms with Gasteiger partial charge < -0.3 is 4.90 Å². The van der Waals surface area contributed by atoms with Crippen LogP contribution in [-0.4, -0.2) is 16.8 Å². The Morgan fingerprint density at radius 3 is 2.71 bits per heavy atom. The molecule has 0 radical (unpaired) electrons. The van der Waals surface area contributed by atoms with Crippen LogP contribution in [-0.2, 0) is 6.54 Å². The molecule has 0 bridgehead atoms. The molecule has 2 heteroatoms. The lowest BCUT2D eigenvalue weighted by molar-refractivity contribution is 0.336. The molecule has 1 aromatic rings. The van der Waals surface area contributed by atoms with Crippen LogP contribution in [0.2, 0.25) is 0 Å². The van der Waals surface area contributed by atoms with Crippen molar-refractivity contribution in [2.75, 3.05) is 0 Å². The predicted octanol–water partition coefficient (Wildman–Crippen LogP) is 2.96. The van der Waals surface area contributed by atoms with Gasteiger partial charge in [0.1, 0.15) is 5.84 Å². The standard InChI is InChI=1S/C12H16N2/c1-9(2)14-8-11-6-4-5-7-12(11)13-10(14)3/h4-7,9H,8H2,1-3H3. The molecule has 0 unspecified atom stereocenters. The molecule has 0 aliphatic carbocycles. The predicted molar refractivity (Wildman–Crippen MR) is 59.9 cm³/mol. The Hall–Kier alpha value is -1.31. The first-order valence-corrected chi connectivity index (χ1v) is 5.08. The Morgan fingerprint density at radius 2 is 2.00 bits per heavy atom. The SMILES string of the molecule is CC1=Nc2ccccc2CN1C(C)C. The molecule has 14 heavy (non-hydrogen) atoms. The number of fused-ring (bicyclic) bond motifs is 1.